The molecule has 182 valence electrons. The van der Waals surface area contributed by atoms with Gasteiger partial charge in [-0.05, 0) is 93.6 Å². The van der Waals surface area contributed by atoms with Crippen LogP contribution >= 0.6 is 0 Å². The molecule has 0 aliphatic carbocycles. The van der Waals surface area contributed by atoms with Crippen molar-refractivity contribution in [2.75, 3.05) is 13.6 Å². The SMILES string of the molecule is CNS(=O)(=O)c1ccc(C)c(CCCc2cc(S(=O)(=O)NCC(C)OC(C)=O)ccc2C)c1. The van der Waals surface area contributed by atoms with Crippen LogP contribution in [-0.2, 0) is 42.4 Å². The highest BCUT2D eigenvalue weighted by molar-refractivity contribution is 7.89. The van der Waals surface area contributed by atoms with Crippen molar-refractivity contribution in [2.24, 2.45) is 0 Å². The number of carbonyl (C=O) groups excluding carboxylic acids is 1. The molecule has 2 rings (SSSR count). The van der Waals surface area contributed by atoms with Crippen LogP contribution in [0.2, 0.25) is 0 Å². The fourth-order valence-corrected chi connectivity index (χ4v) is 5.34. The highest BCUT2D eigenvalue weighted by Crippen LogP contribution is 2.21. The van der Waals surface area contributed by atoms with E-state index in [1.165, 1.54) is 14.0 Å². The first-order valence-corrected chi connectivity index (χ1v) is 13.6. The number of ether oxygens (including phenoxy) is 1. The molecule has 33 heavy (non-hydrogen) atoms. The minimum atomic E-state index is -3.75. The monoisotopic (exact) mass is 496 g/mol. The van der Waals surface area contributed by atoms with Gasteiger partial charge in [0.25, 0.3) is 0 Å². The lowest BCUT2D eigenvalue weighted by Gasteiger charge is -2.14. The van der Waals surface area contributed by atoms with E-state index in [1.54, 1.807) is 43.3 Å². The third-order valence-corrected chi connectivity index (χ3v) is 8.18. The Kier molecular flexibility index (Phi) is 9.19. The molecule has 0 aliphatic rings. The minimum Gasteiger partial charge on any atom is -0.461 e. The Morgan fingerprint density at radius 1 is 0.909 bits per heavy atom. The van der Waals surface area contributed by atoms with E-state index in [0.29, 0.717) is 12.8 Å². The Balaban J connectivity index is 2.10. The van der Waals surface area contributed by atoms with Crippen molar-refractivity contribution in [3.05, 3.63) is 58.7 Å². The number of esters is 1. The highest BCUT2D eigenvalue weighted by Gasteiger charge is 2.18. The summed E-state index contributed by atoms with van der Waals surface area (Å²) in [6.45, 7) is 6.73. The molecule has 0 aromatic heterocycles. The van der Waals surface area contributed by atoms with Crippen molar-refractivity contribution in [3.63, 3.8) is 0 Å². The summed E-state index contributed by atoms with van der Waals surface area (Å²) >= 11 is 0. The molecule has 0 amide bonds. The molecule has 1 atom stereocenters. The van der Waals surface area contributed by atoms with Gasteiger partial charge in [-0.2, -0.15) is 0 Å². The van der Waals surface area contributed by atoms with E-state index < -0.39 is 32.1 Å². The van der Waals surface area contributed by atoms with Crippen molar-refractivity contribution in [3.8, 4) is 0 Å². The zero-order valence-electron chi connectivity index (χ0n) is 19.6. The average molecular weight is 497 g/mol. The number of hydrogen-bond donors (Lipinski definition) is 2. The summed E-state index contributed by atoms with van der Waals surface area (Å²) in [7, 11) is -5.89. The largest absolute Gasteiger partial charge is 0.461 e. The molecular weight excluding hydrogens is 464 g/mol. The smallest absolute Gasteiger partial charge is 0.302 e. The Morgan fingerprint density at radius 3 is 1.85 bits per heavy atom. The Morgan fingerprint density at radius 2 is 1.39 bits per heavy atom. The van der Waals surface area contributed by atoms with E-state index in [2.05, 4.69) is 9.44 Å². The number of hydrogen-bond acceptors (Lipinski definition) is 6. The molecule has 0 saturated carbocycles. The van der Waals surface area contributed by atoms with Gasteiger partial charge < -0.3 is 4.74 Å². The molecule has 0 radical (unpaired) electrons. The quantitative estimate of drug-likeness (QED) is 0.462. The standard InChI is InChI=1S/C23H32N2O6S2/c1-16-9-11-22(32(27,28)24-5)13-20(16)7-6-8-21-14-23(12-10-17(21)2)33(29,30)25-15-18(3)31-19(4)26/h9-14,18,24-25H,6-8,15H2,1-5H3. The number of aryl methyl sites for hydroxylation is 4. The second-order valence-electron chi connectivity index (χ2n) is 8.01. The molecule has 2 N–H and O–H groups in total. The molecule has 0 fully saturated rings. The van der Waals surface area contributed by atoms with Gasteiger partial charge in [0.15, 0.2) is 0 Å². The van der Waals surface area contributed by atoms with Crippen molar-refractivity contribution >= 4 is 26.0 Å². The van der Waals surface area contributed by atoms with E-state index in [4.69, 9.17) is 4.74 Å². The van der Waals surface area contributed by atoms with E-state index >= 15 is 0 Å². The van der Waals surface area contributed by atoms with Crippen LogP contribution in [-0.4, -0.2) is 42.5 Å². The van der Waals surface area contributed by atoms with Crippen LogP contribution < -0.4 is 9.44 Å². The zero-order valence-corrected chi connectivity index (χ0v) is 21.3. The number of sulfonamides is 2. The maximum atomic E-state index is 12.7. The van der Waals surface area contributed by atoms with Crippen LogP contribution in [0.1, 0.15) is 42.5 Å². The Bertz CT molecular complexity index is 1210. The molecule has 10 heteroatoms. The molecule has 8 nitrogen and oxygen atoms in total. The number of benzene rings is 2. The lowest BCUT2D eigenvalue weighted by atomic mass is 9.98. The summed E-state index contributed by atoms with van der Waals surface area (Å²) in [5.41, 5.74) is 3.83. The summed E-state index contributed by atoms with van der Waals surface area (Å²) in [6.07, 6.45) is 1.45. The predicted molar refractivity (Wildman–Crippen MR) is 127 cm³/mol. The third-order valence-electron chi connectivity index (χ3n) is 5.35. The summed E-state index contributed by atoms with van der Waals surface area (Å²) < 4.78 is 59.3. The second-order valence-corrected chi connectivity index (χ2v) is 11.7. The molecular formula is C23H32N2O6S2. The van der Waals surface area contributed by atoms with Gasteiger partial charge in [0.2, 0.25) is 20.0 Å². The molecule has 0 aliphatic heterocycles. The molecule has 0 spiro atoms. The summed E-state index contributed by atoms with van der Waals surface area (Å²) in [5.74, 6) is -0.469. The van der Waals surface area contributed by atoms with Crippen molar-refractivity contribution in [1.82, 2.24) is 9.44 Å². The van der Waals surface area contributed by atoms with Crippen molar-refractivity contribution in [2.45, 2.75) is 62.9 Å². The fourth-order valence-electron chi connectivity index (χ4n) is 3.39. The van der Waals surface area contributed by atoms with Crippen LogP contribution in [0, 0.1) is 13.8 Å². The van der Waals surface area contributed by atoms with Crippen LogP contribution in [0.3, 0.4) is 0 Å². The minimum absolute atomic E-state index is 0.0176. The van der Waals surface area contributed by atoms with E-state index in [1.807, 2.05) is 13.8 Å². The summed E-state index contributed by atoms with van der Waals surface area (Å²) in [5, 5.41) is 0. The first-order valence-electron chi connectivity index (χ1n) is 10.6. The molecule has 2 aromatic carbocycles. The normalized spacial score (nSPS) is 13.0. The van der Waals surface area contributed by atoms with Gasteiger partial charge in [0.1, 0.15) is 6.10 Å². The topological polar surface area (TPSA) is 119 Å². The van der Waals surface area contributed by atoms with Gasteiger partial charge in [0, 0.05) is 13.5 Å². The fraction of sp³-hybridized carbons (Fsp3) is 0.435. The lowest BCUT2D eigenvalue weighted by molar-refractivity contribution is -0.145. The summed E-state index contributed by atoms with van der Waals surface area (Å²) in [6, 6.07) is 10.0. The first-order chi connectivity index (χ1) is 15.4. The highest BCUT2D eigenvalue weighted by atomic mass is 32.2. The van der Waals surface area contributed by atoms with E-state index in [-0.39, 0.29) is 16.3 Å². The lowest BCUT2D eigenvalue weighted by Crippen LogP contribution is -2.33. The van der Waals surface area contributed by atoms with Crippen LogP contribution in [0.25, 0.3) is 0 Å². The van der Waals surface area contributed by atoms with Crippen LogP contribution in [0.4, 0.5) is 0 Å². The summed E-state index contributed by atoms with van der Waals surface area (Å²) in [4.78, 5) is 11.4. The molecule has 1 unspecified atom stereocenters. The maximum absolute atomic E-state index is 12.7. The Labute approximate surface area is 196 Å². The van der Waals surface area contributed by atoms with Gasteiger partial charge in [-0.25, -0.2) is 26.3 Å². The van der Waals surface area contributed by atoms with Gasteiger partial charge in [0.05, 0.1) is 9.79 Å². The van der Waals surface area contributed by atoms with E-state index in [9.17, 15) is 21.6 Å². The predicted octanol–water partition coefficient (Wildman–Crippen LogP) is 2.62. The maximum Gasteiger partial charge on any atom is 0.302 e. The molecule has 0 saturated heterocycles. The van der Waals surface area contributed by atoms with Gasteiger partial charge in [-0.1, -0.05) is 12.1 Å². The second kappa shape index (κ2) is 11.2. The van der Waals surface area contributed by atoms with Crippen LogP contribution in [0.15, 0.2) is 46.2 Å². The van der Waals surface area contributed by atoms with Gasteiger partial charge in [-0.3, -0.25) is 4.79 Å². The first kappa shape index (κ1) is 27.0. The number of nitrogens with one attached hydrogen (secondary N) is 2. The Hall–Kier alpha value is -2.27. The van der Waals surface area contributed by atoms with Crippen molar-refractivity contribution < 1.29 is 26.4 Å². The van der Waals surface area contributed by atoms with E-state index in [0.717, 1.165) is 28.7 Å². The molecule has 2 aromatic rings. The molecule has 0 heterocycles. The average Bonchev–Trinajstić information content (AvgIpc) is 2.74. The molecule has 0 bridgehead atoms. The third kappa shape index (κ3) is 7.63. The van der Waals surface area contributed by atoms with Crippen LogP contribution in [0.5, 0.6) is 0 Å². The van der Waals surface area contributed by atoms with Gasteiger partial charge >= 0.3 is 5.97 Å². The van der Waals surface area contributed by atoms with Gasteiger partial charge in [-0.15, -0.1) is 0 Å². The number of rotatable bonds is 11. The van der Waals surface area contributed by atoms with Crippen molar-refractivity contribution in [1.29, 1.82) is 0 Å². The number of carbonyl (C=O) groups is 1. The zero-order chi connectivity index (χ0) is 24.8.